The highest BCUT2D eigenvalue weighted by Crippen LogP contribution is 2.18. The summed E-state index contributed by atoms with van der Waals surface area (Å²) in [5.41, 5.74) is 5.20. The average Bonchev–Trinajstić information content (AvgIpc) is 2.43. The second kappa shape index (κ2) is 2.92. The standard InChI is InChI=1S/C10H13N4/c1-14(2)10(11)6-9(13-14)8-4-3-5-12-7-8/h3-7,11,13H,1-2H3/q+1. The second-order valence-corrected chi connectivity index (χ2v) is 3.75. The number of aromatic nitrogens is 1. The number of pyridine rings is 1. The van der Waals surface area contributed by atoms with Gasteiger partial charge in [0.15, 0.2) is 0 Å². The van der Waals surface area contributed by atoms with Gasteiger partial charge in [-0.25, -0.2) is 10.8 Å². The third-order valence-corrected chi connectivity index (χ3v) is 2.26. The minimum absolute atomic E-state index is 0.379. The van der Waals surface area contributed by atoms with Crippen LogP contribution < -0.4 is 5.43 Å². The average molecular weight is 189 g/mol. The summed E-state index contributed by atoms with van der Waals surface area (Å²) in [5.74, 6) is 0.545. The number of amidine groups is 1. The van der Waals surface area contributed by atoms with Crippen molar-refractivity contribution in [2.45, 2.75) is 0 Å². The van der Waals surface area contributed by atoms with E-state index in [1.807, 2.05) is 32.3 Å². The molecule has 2 N–H and O–H groups in total. The molecular weight excluding hydrogens is 176 g/mol. The third kappa shape index (κ3) is 1.40. The Kier molecular flexibility index (Phi) is 1.86. The van der Waals surface area contributed by atoms with Crippen molar-refractivity contribution in [1.29, 1.82) is 5.41 Å². The molecule has 0 saturated heterocycles. The van der Waals surface area contributed by atoms with E-state index in [0.717, 1.165) is 11.3 Å². The molecule has 1 aromatic rings. The van der Waals surface area contributed by atoms with E-state index in [4.69, 9.17) is 5.41 Å². The molecule has 1 aromatic heterocycles. The van der Waals surface area contributed by atoms with Crippen LogP contribution in [0.3, 0.4) is 0 Å². The number of nitrogens with one attached hydrogen (secondary N) is 2. The summed E-state index contributed by atoms with van der Waals surface area (Å²) in [7, 11) is 3.87. The quantitative estimate of drug-likeness (QED) is 0.647. The molecule has 2 heterocycles. The Hall–Kier alpha value is -1.68. The van der Waals surface area contributed by atoms with E-state index in [9.17, 15) is 0 Å². The van der Waals surface area contributed by atoms with Gasteiger partial charge in [0, 0.05) is 18.0 Å². The highest BCUT2D eigenvalue weighted by molar-refractivity contribution is 5.95. The van der Waals surface area contributed by atoms with Crippen LogP contribution in [0.25, 0.3) is 5.70 Å². The first kappa shape index (κ1) is 8.90. The maximum Gasteiger partial charge on any atom is 0.246 e. The fourth-order valence-electron chi connectivity index (χ4n) is 1.36. The van der Waals surface area contributed by atoms with E-state index in [-0.39, 0.29) is 0 Å². The first-order valence-corrected chi connectivity index (χ1v) is 4.43. The van der Waals surface area contributed by atoms with E-state index < -0.39 is 0 Å². The normalized spacial score (nSPS) is 19.0. The maximum absolute atomic E-state index is 7.74. The zero-order chi connectivity index (χ0) is 10.2. The van der Waals surface area contributed by atoms with Gasteiger partial charge < -0.3 is 0 Å². The van der Waals surface area contributed by atoms with E-state index >= 15 is 0 Å². The molecule has 14 heavy (non-hydrogen) atoms. The van der Waals surface area contributed by atoms with Crippen molar-refractivity contribution < 1.29 is 4.59 Å². The maximum atomic E-state index is 7.74. The SMILES string of the molecule is C[N+]1(C)NC(c2cccnc2)=CC1=N. The number of nitrogens with zero attached hydrogens (tertiary/aromatic N) is 2. The molecule has 0 aliphatic carbocycles. The molecule has 4 nitrogen and oxygen atoms in total. The molecule has 1 aliphatic heterocycles. The molecule has 0 atom stereocenters. The van der Waals surface area contributed by atoms with Gasteiger partial charge in [0.25, 0.3) is 0 Å². The van der Waals surface area contributed by atoms with Crippen LogP contribution in [0, 0.1) is 5.41 Å². The van der Waals surface area contributed by atoms with Crippen LogP contribution >= 0.6 is 0 Å². The lowest BCUT2D eigenvalue weighted by molar-refractivity contribution is -0.834. The van der Waals surface area contributed by atoms with Crippen molar-refractivity contribution in [2.24, 2.45) is 0 Å². The summed E-state index contributed by atoms with van der Waals surface area (Å²) in [6.45, 7) is 0. The van der Waals surface area contributed by atoms with Crippen molar-refractivity contribution in [3.05, 3.63) is 36.2 Å². The summed E-state index contributed by atoms with van der Waals surface area (Å²) in [5, 5.41) is 7.74. The van der Waals surface area contributed by atoms with Crippen LogP contribution in [0.1, 0.15) is 5.56 Å². The fourth-order valence-corrected chi connectivity index (χ4v) is 1.36. The number of hydrogen-bond donors (Lipinski definition) is 2. The monoisotopic (exact) mass is 189 g/mol. The van der Waals surface area contributed by atoms with E-state index in [1.165, 1.54) is 0 Å². The number of hydrogen-bond acceptors (Lipinski definition) is 3. The first-order chi connectivity index (χ1) is 6.59. The van der Waals surface area contributed by atoms with Gasteiger partial charge in [0.05, 0.1) is 20.2 Å². The lowest BCUT2D eigenvalue weighted by Crippen LogP contribution is -2.49. The van der Waals surface area contributed by atoms with Crippen LogP contribution in [0.2, 0.25) is 0 Å². The van der Waals surface area contributed by atoms with Crippen molar-refractivity contribution in [3.63, 3.8) is 0 Å². The van der Waals surface area contributed by atoms with Crippen LogP contribution in [0.5, 0.6) is 0 Å². The van der Waals surface area contributed by atoms with E-state index in [1.54, 1.807) is 12.4 Å². The zero-order valence-electron chi connectivity index (χ0n) is 8.28. The molecule has 0 unspecified atom stereocenters. The summed E-state index contributed by atoms with van der Waals surface area (Å²) >= 11 is 0. The Labute approximate surface area is 83.0 Å². The topological polar surface area (TPSA) is 48.8 Å². The van der Waals surface area contributed by atoms with Gasteiger partial charge in [-0.15, -0.1) is 0 Å². The largest absolute Gasteiger partial charge is 0.264 e. The molecular formula is C10H13N4+. The Balaban J connectivity index is 2.33. The van der Waals surface area contributed by atoms with Crippen LogP contribution in [-0.4, -0.2) is 29.5 Å². The molecule has 0 spiro atoms. The fraction of sp³-hybridized carbons (Fsp3) is 0.200. The highest BCUT2D eigenvalue weighted by Gasteiger charge is 2.30. The molecule has 0 aromatic carbocycles. The summed E-state index contributed by atoms with van der Waals surface area (Å²) in [6, 6.07) is 3.87. The van der Waals surface area contributed by atoms with Gasteiger partial charge in [0.2, 0.25) is 5.84 Å². The Morgan fingerprint density at radius 3 is 2.71 bits per heavy atom. The van der Waals surface area contributed by atoms with Gasteiger partial charge in [-0.2, -0.15) is 4.59 Å². The molecule has 2 rings (SSSR count). The highest BCUT2D eigenvalue weighted by atomic mass is 15.7. The predicted octanol–water partition coefficient (Wildman–Crippen LogP) is 0.994. The first-order valence-electron chi connectivity index (χ1n) is 4.43. The molecule has 0 saturated carbocycles. The number of rotatable bonds is 1. The smallest absolute Gasteiger partial charge is 0.246 e. The Morgan fingerprint density at radius 2 is 2.21 bits per heavy atom. The lowest BCUT2D eigenvalue weighted by Gasteiger charge is -2.22. The van der Waals surface area contributed by atoms with Crippen LogP contribution in [0.15, 0.2) is 30.6 Å². The number of quaternary nitrogens is 1. The van der Waals surface area contributed by atoms with Crippen molar-refractivity contribution >= 4 is 11.5 Å². The van der Waals surface area contributed by atoms with Crippen molar-refractivity contribution in [1.82, 2.24) is 10.4 Å². The Morgan fingerprint density at radius 1 is 1.43 bits per heavy atom. The molecule has 72 valence electrons. The Bertz CT molecular complexity index is 392. The van der Waals surface area contributed by atoms with Gasteiger partial charge in [0.1, 0.15) is 5.70 Å². The summed E-state index contributed by atoms with van der Waals surface area (Å²) in [6.07, 6.45) is 5.36. The van der Waals surface area contributed by atoms with Gasteiger partial charge >= 0.3 is 0 Å². The van der Waals surface area contributed by atoms with Gasteiger partial charge in [-0.3, -0.25) is 4.98 Å². The molecule has 4 heteroatoms. The molecule has 0 bridgehead atoms. The number of likely N-dealkylation sites (N-methyl/N-ethyl adjacent to an activating group) is 1. The van der Waals surface area contributed by atoms with E-state index in [2.05, 4.69) is 10.4 Å². The predicted molar refractivity (Wildman–Crippen MR) is 55.2 cm³/mol. The molecule has 0 amide bonds. The van der Waals surface area contributed by atoms with Crippen molar-refractivity contribution in [3.8, 4) is 0 Å². The molecule has 0 radical (unpaired) electrons. The lowest BCUT2D eigenvalue weighted by atomic mass is 10.2. The van der Waals surface area contributed by atoms with E-state index in [0.29, 0.717) is 10.4 Å². The minimum Gasteiger partial charge on any atom is -0.264 e. The minimum atomic E-state index is 0.379. The zero-order valence-corrected chi connectivity index (χ0v) is 8.28. The van der Waals surface area contributed by atoms with Crippen LogP contribution in [0.4, 0.5) is 0 Å². The molecule has 0 fully saturated rings. The van der Waals surface area contributed by atoms with Crippen molar-refractivity contribution in [2.75, 3.05) is 14.1 Å². The second-order valence-electron chi connectivity index (χ2n) is 3.75. The van der Waals surface area contributed by atoms with Crippen LogP contribution in [-0.2, 0) is 0 Å². The third-order valence-electron chi connectivity index (χ3n) is 2.26. The van der Waals surface area contributed by atoms with Gasteiger partial charge in [-0.05, 0) is 12.1 Å². The summed E-state index contributed by atoms with van der Waals surface area (Å²) < 4.78 is 0.379. The molecule has 1 aliphatic rings. The van der Waals surface area contributed by atoms with Gasteiger partial charge in [-0.1, -0.05) is 0 Å². The summed E-state index contributed by atoms with van der Waals surface area (Å²) in [4.78, 5) is 4.04.